The van der Waals surface area contributed by atoms with Gasteiger partial charge < -0.3 is 0 Å². The molecular formula is C8H13N3. The van der Waals surface area contributed by atoms with Crippen molar-refractivity contribution in [3.05, 3.63) is 10.4 Å². The number of azide groups is 1. The minimum atomic E-state index is -0.133. The Labute approximate surface area is 67.4 Å². The molecule has 0 radical (unpaired) electrons. The SMILES string of the molecule is CCCC#CC(CC)N=[N+]=[N-]. The van der Waals surface area contributed by atoms with Crippen molar-refractivity contribution in [2.24, 2.45) is 5.11 Å². The van der Waals surface area contributed by atoms with E-state index in [0.29, 0.717) is 0 Å². The molecule has 1 atom stereocenters. The van der Waals surface area contributed by atoms with Crippen LogP contribution in [0.3, 0.4) is 0 Å². The molecule has 60 valence electrons. The molecule has 0 aromatic rings. The monoisotopic (exact) mass is 151 g/mol. The van der Waals surface area contributed by atoms with Crippen molar-refractivity contribution in [3.8, 4) is 11.8 Å². The largest absolute Gasteiger partial charge is 0.103 e. The minimum absolute atomic E-state index is 0.133. The lowest BCUT2D eigenvalue weighted by molar-refractivity contribution is 0.795. The van der Waals surface area contributed by atoms with Gasteiger partial charge in [0.15, 0.2) is 0 Å². The van der Waals surface area contributed by atoms with E-state index in [1.807, 2.05) is 6.92 Å². The Balaban J connectivity index is 3.88. The molecule has 0 aliphatic heterocycles. The van der Waals surface area contributed by atoms with Crippen LogP contribution in [0.25, 0.3) is 10.4 Å². The van der Waals surface area contributed by atoms with E-state index in [2.05, 4.69) is 28.8 Å². The molecule has 0 fully saturated rings. The van der Waals surface area contributed by atoms with Gasteiger partial charge in [-0.3, -0.25) is 0 Å². The molecule has 0 N–H and O–H groups in total. The number of hydrogen-bond donors (Lipinski definition) is 0. The number of hydrogen-bond acceptors (Lipinski definition) is 1. The van der Waals surface area contributed by atoms with Crippen LogP contribution < -0.4 is 0 Å². The zero-order valence-corrected chi connectivity index (χ0v) is 7.04. The highest BCUT2D eigenvalue weighted by Crippen LogP contribution is 1.95. The molecule has 11 heavy (non-hydrogen) atoms. The number of rotatable bonds is 3. The molecule has 0 aromatic heterocycles. The van der Waals surface area contributed by atoms with Gasteiger partial charge in [0.2, 0.25) is 0 Å². The zero-order chi connectivity index (χ0) is 8.53. The van der Waals surface area contributed by atoms with Crippen LogP contribution >= 0.6 is 0 Å². The lowest BCUT2D eigenvalue weighted by Crippen LogP contribution is -1.95. The standard InChI is InChI=1S/C8H13N3/c1-3-5-6-7-8(4-2)10-11-9/h8H,3-5H2,1-2H3. The van der Waals surface area contributed by atoms with Gasteiger partial charge in [-0.25, -0.2) is 0 Å². The summed E-state index contributed by atoms with van der Waals surface area (Å²) < 4.78 is 0. The average molecular weight is 151 g/mol. The normalized spacial score (nSPS) is 10.7. The molecule has 0 amide bonds. The van der Waals surface area contributed by atoms with Crippen molar-refractivity contribution in [1.29, 1.82) is 0 Å². The summed E-state index contributed by atoms with van der Waals surface area (Å²) in [5, 5.41) is 3.52. The van der Waals surface area contributed by atoms with Crippen LogP contribution in [0.2, 0.25) is 0 Å². The van der Waals surface area contributed by atoms with Crippen molar-refractivity contribution < 1.29 is 0 Å². The van der Waals surface area contributed by atoms with Crippen LogP contribution in [-0.2, 0) is 0 Å². The first kappa shape index (κ1) is 9.87. The Bertz CT molecular complexity index is 193. The van der Waals surface area contributed by atoms with Gasteiger partial charge in [0.1, 0.15) is 0 Å². The smallest absolute Gasteiger partial charge is 0.0985 e. The van der Waals surface area contributed by atoms with Gasteiger partial charge in [-0.2, -0.15) is 0 Å². The summed E-state index contributed by atoms with van der Waals surface area (Å²) in [6.45, 7) is 4.03. The maximum atomic E-state index is 8.11. The fraction of sp³-hybridized carbons (Fsp3) is 0.750. The Hall–Kier alpha value is -1.13. The molecule has 3 heteroatoms. The Morgan fingerprint density at radius 2 is 2.27 bits per heavy atom. The van der Waals surface area contributed by atoms with E-state index < -0.39 is 0 Å². The van der Waals surface area contributed by atoms with E-state index in [9.17, 15) is 0 Å². The van der Waals surface area contributed by atoms with E-state index in [4.69, 9.17) is 5.53 Å². The lowest BCUT2D eigenvalue weighted by atomic mass is 10.2. The van der Waals surface area contributed by atoms with E-state index in [-0.39, 0.29) is 6.04 Å². The van der Waals surface area contributed by atoms with Crippen molar-refractivity contribution in [2.45, 2.75) is 39.2 Å². The Kier molecular flexibility index (Phi) is 6.27. The van der Waals surface area contributed by atoms with Gasteiger partial charge in [-0.15, -0.1) is 5.92 Å². The third kappa shape index (κ3) is 5.32. The molecule has 0 saturated carbocycles. The van der Waals surface area contributed by atoms with Gasteiger partial charge in [-0.1, -0.05) is 24.9 Å². The molecule has 3 nitrogen and oxygen atoms in total. The quantitative estimate of drug-likeness (QED) is 0.258. The third-order valence-electron chi connectivity index (χ3n) is 1.22. The van der Waals surface area contributed by atoms with Gasteiger partial charge >= 0.3 is 0 Å². The van der Waals surface area contributed by atoms with Crippen LogP contribution in [0.4, 0.5) is 0 Å². The summed E-state index contributed by atoms with van der Waals surface area (Å²) in [6.07, 6.45) is 2.73. The van der Waals surface area contributed by atoms with Gasteiger partial charge in [0.25, 0.3) is 0 Å². The molecule has 0 spiro atoms. The van der Waals surface area contributed by atoms with Crippen LogP contribution in [0.5, 0.6) is 0 Å². The van der Waals surface area contributed by atoms with Crippen LogP contribution in [-0.4, -0.2) is 6.04 Å². The molecule has 0 heterocycles. The van der Waals surface area contributed by atoms with Crippen molar-refractivity contribution >= 4 is 0 Å². The highest BCUT2D eigenvalue weighted by atomic mass is 15.1. The molecule has 0 rings (SSSR count). The summed E-state index contributed by atoms with van der Waals surface area (Å²) in [7, 11) is 0. The van der Waals surface area contributed by atoms with Crippen LogP contribution in [0, 0.1) is 11.8 Å². The van der Waals surface area contributed by atoms with Gasteiger partial charge in [-0.05, 0) is 18.4 Å². The van der Waals surface area contributed by atoms with Crippen LogP contribution in [0.1, 0.15) is 33.1 Å². The lowest BCUT2D eigenvalue weighted by Gasteiger charge is -1.94. The molecule has 1 unspecified atom stereocenters. The molecule has 0 bridgehead atoms. The van der Waals surface area contributed by atoms with Gasteiger partial charge in [0, 0.05) is 11.3 Å². The summed E-state index contributed by atoms with van der Waals surface area (Å²) in [5.74, 6) is 5.86. The molecule has 0 aromatic carbocycles. The maximum Gasteiger partial charge on any atom is 0.0985 e. The van der Waals surface area contributed by atoms with E-state index in [1.165, 1.54) is 0 Å². The fourth-order valence-corrected chi connectivity index (χ4v) is 0.590. The molecular weight excluding hydrogens is 138 g/mol. The second kappa shape index (κ2) is 6.98. The predicted octanol–water partition coefficient (Wildman–Crippen LogP) is 2.88. The summed E-state index contributed by atoms with van der Waals surface area (Å²) in [5.41, 5.74) is 8.11. The van der Waals surface area contributed by atoms with E-state index in [0.717, 1.165) is 19.3 Å². The average Bonchev–Trinajstić information content (AvgIpc) is 2.03. The Morgan fingerprint density at radius 1 is 1.55 bits per heavy atom. The van der Waals surface area contributed by atoms with Crippen molar-refractivity contribution in [3.63, 3.8) is 0 Å². The molecule has 0 saturated heterocycles. The second-order valence-corrected chi connectivity index (χ2v) is 2.20. The summed E-state index contributed by atoms with van der Waals surface area (Å²) in [4.78, 5) is 2.71. The first-order valence-corrected chi connectivity index (χ1v) is 3.87. The van der Waals surface area contributed by atoms with Crippen molar-refractivity contribution in [2.75, 3.05) is 0 Å². The minimum Gasteiger partial charge on any atom is -0.103 e. The van der Waals surface area contributed by atoms with E-state index in [1.54, 1.807) is 0 Å². The third-order valence-corrected chi connectivity index (χ3v) is 1.22. The first-order valence-electron chi connectivity index (χ1n) is 3.87. The molecule has 0 aliphatic carbocycles. The first-order chi connectivity index (χ1) is 5.35. The Morgan fingerprint density at radius 3 is 2.73 bits per heavy atom. The zero-order valence-electron chi connectivity index (χ0n) is 7.04. The second-order valence-electron chi connectivity index (χ2n) is 2.20. The summed E-state index contributed by atoms with van der Waals surface area (Å²) in [6, 6.07) is -0.133. The maximum absolute atomic E-state index is 8.11. The highest BCUT2D eigenvalue weighted by molar-refractivity contribution is 5.07. The van der Waals surface area contributed by atoms with E-state index >= 15 is 0 Å². The predicted molar refractivity (Wildman–Crippen MR) is 45.9 cm³/mol. The number of nitrogens with zero attached hydrogens (tertiary/aromatic N) is 3. The fourth-order valence-electron chi connectivity index (χ4n) is 0.590. The summed E-state index contributed by atoms with van der Waals surface area (Å²) >= 11 is 0. The van der Waals surface area contributed by atoms with Crippen molar-refractivity contribution in [1.82, 2.24) is 0 Å². The molecule has 0 aliphatic rings. The number of unbranched alkanes of at least 4 members (excludes halogenated alkanes) is 1. The topological polar surface area (TPSA) is 48.8 Å². The van der Waals surface area contributed by atoms with Crippen LogP contribution in [0.15, 0.2) is 5.11 Å². The highest BCUT2D eigenvalue weighted by Gasteiger charge is 1.94. The van der Waals surface area contributed by atoms with Gasteiger partial charge in [0.05, 0.1) is 6.04 Å².